The molecule has 1 unspecified atom stereocenters. The van der Waals surface area contributed by atoms with E-state index in [0.29, 0.717) is 0 Å². The number of thioether (sulfide) groups is 1. The van der Waals surface area contributed by atoms with Crippen molar-refractivity contribution >= 4 is 11.8 Å². The highest BCUT2D eigenvalue weighted by Gasteiger charge is 2.12. The predicted octanol–water partition coefficient (Wildman–Crippen LogP) is 2.43. The van der Waals surface area contributed by atoms with Gasteiger partial charge in [-0.05, 0) is 30.5 Å². The minimum Gasteiger partial charge on any atom is -0.313 e. The van der Waals surface area contributed by atoms with Crippen LogP contribution in [0.1, 0.15) is 24.2 Å². The van der Waals surface area contributed by atoms with Crippen molar-refractivity contribution < 1.29 is 0 Å². The summed E-state index contributed by atoms with van der Waals surface area (Å²) in [4.78, 5) is 1.32. The zero-order valence-corrected chi connectivity index (χ0v) is 12.4. The predicted molar refractivity (Wildman–Crippen MR) is 79.3 cm³/mol. The van der Waals surface area contributed by atoms with Crippen LogP contribution in [0.4, 0.5) is 0 Å². The fourth-order valence-electron chi connectivity index (χ4n) is 2.05. The van der Waals surface area contributed by atoms with Crippen molar-refractivity contribution in [3.8, 4) is 0 Å². The van der Waals surface area contributed by atoms with Gasteiger partial charge >= 0.3 is 0 Å². The molecule has 0 bridgehead atoms. The minimum atomic E-state index is 0.275. The van der Waals surface area contributed by atoms with E-state index in [1.165, 1.54) is 10.5 Å². The van der Waals surface area contributed by atoms with Crippen molar-refractivity contribution in [1.82, 2.24) is 20.3 Å². The van der Waals surface area contributed by atoms with Crippen molar-refractivity contribution in [1.29, 1.82) is 0 Å². The first-order valence-corrected chi connectivity index (χ1v) is 7.46. The summed E-state index contributed by atoms with van der Waals surface area (Å²) in [5.74, 6) is 1.11. The Balaban J connectivity index is 2.08. The molecule has 0 radical (unpaired) electrons. The van der Waals surface area contributed by atoms with E-state index in [9.17, 15) is 0 Å². The van der Waals surface area contributed by atoms with Gasteiger partial charge in [0.1, 0.15) is 0 Å². The highest BCUT2D eigenvalue weighted by atomic mass is 32.2. The Morgan fingerprint density at radius 2 is 2.05 bits per heavy atom. The summed E-state index contributed by atoms with van der Waals surface area (Å²) in [5.41, 5.74) is 2.29. The van der Waals surface area contributed by atoms with E-state index in [1.54, 1.807) is 4.68 Å². The van der Waals surface area contributed by atoms with Crippen LogP contribution in [0, 0.1) is 0 Å². The molecule has 1 aromatic carbocycles. The second-order valence-electron chi connectivity index (χ2n) is 4.43. The van der Waals surface area contributed by atoms with Gasteiger partial charge < -0.3 is 5.32 Å². The van der Waals surface area contributed by atoms with Gasteiger partial charge in [0.2, 0.25) is 0 Å². The van der Waals surface area contributed by atoms with Gasteiger partial charge in [-0.1, -0.05) is 24.3 Å². The fourth-order valence-corrected chi connectivity index (χ4v) is 2.71. The maximum atomic E-state index is 4.14. The van der Waals surface area contributed by atoms with Gasteiger partial charge in [-0.15, -0.1) is 16.9 Å². The maximum absolute atomic E-state index is 4.14. The van der Waals surface area contributed by atoms with E-state index in [-0.39, 0.29) is 6.04 Å². The summed E-state index contributed by atoms with van der Waals surface area (Å²) in [6.45, 7) is 2.17. The van der Waals surface area contributed by atoms with Gasteiger partial charge in [0.25, 0.3) is 0 Å². The SMILES string of the molecule is CCSc1ccc(C(Cc2cn(C)nn2)NC)cc1. The number of hydrogen-bond acceptors (Lipinski definition) is 4. The molecule has 1 aromatic heterocycles. The zero-order chi connectivity index (χ0) is 13.7. The first-order chi connectivity index (χ1) is 9.22. The second kappa shape index (κ2) is 6.73. The Morgan fingerprint density at radius 1 is 1.32 bits per heavy atom. The lowest BCUT2D eigenvalue weighted by atomic mass is 10.0. The molecule has 0 saturated heterocycles. The van der Waals surface area contributed by atoms with Gasteiger partial charge in [0.15, 0.2) is 0 Å². The Hall–Kier alpha value is -1.33. The Morgan fingerprint density at radius 3 is 2.58 bits per heavy atom. The quantitative estimate of drug-likeness (QED) is 0.823. The van der Waals surface area contributed by atoms with Crippen molar-refractivity contribution in [3.63, 3.8) is 0 Å². The van der Waals surface area contributed by atoms with Crippen LogP contribution in [0.25, 0.3) is 0 Å². The van der Waals surface area contributed by atoms with E-state index in [0.717, 1.165) is 17.9 Å². The molecule has 1 heterocycles. The lowest BCUT2D eigenvalue weighted by Gasteiger charge is -2.15. The molecule has 0 saturated carbocycles. The van der Waals surface area contributed by atoms with Crippen LogP contribution >= 0.6 is 11.8 Å². The van der Waals surface area contributed by atoms with Crippen LogP contribution in [0.2, 0.25) is 0 Å². The van der Waals surface area contributed by atoms with E-state index < -0.39 is 0 Å². The monoisotopic (exact) mass is 276 g/mol. The number of likely N-dealkylation sites (N-methyl/N-ethyl adjacent to an activating group) is 1. The topological polar surface area (TPSA) is 42.7 Å². The summed E-state index contributed by atoms with van der Waals surface area (Å²) in [6.07, 6.45) is 2.82. The smallest absolute Gasteiger partial charge is 0.0845 e. The Bertz CT molecular complexity index is 506. The molecule has 1 atom stereocenters. The number of aryl methyl sites for hydroxylation is 1. The van der Waals surface area contributed by atoms with Crippen molar-refractivity contribution in [2.45, 2.75) is 24.3 Å². The Labute approximate surface area is 118 Å². The number of hydrogen-bond donors (Lipinski definition) is 1. The van der Waals surface area contributed by atoms with Crippen LogP contribution < -0.4 is 5.32 Å². The molecular weight excluding hydrogens is 256 g/mol. The van der Waals surface area contributed by atoms with Crippen LogP contribution in [-0.4, -0.2) is 27.8 Å². The summed E-state index contributed by atoms with van der Waals surface area (Å²) in [6, 6.07) is 9.03. The van der Waals surface area contributed by atoms with E-state index in [4.69, 9.17) is 0 Å². The molecule has 0 fully saturated rings. The van der Waals surface area contributed by atoms with E-state index >= 15 is 0 Å². The van der Waals surface area contributed by atoms with Crippen molar-refractivity contribution in [3.05, 3.63) is 41.7 Å². The van der Waals surface area contributed by atoms with Crippen molar-refractivity contribution in [2.24, 2.45) is 7.05 Å². The molecule has 0 amide bonds. The molecule has 2 rings (SSSR count). The lowest BCUT2D eigenvalue weighted by Crippen LogP contribution is -2.19. The molecule has 0 aliphatic carbocycles. The molecule has 5 heteroatoms. The average molecular weight is 276 g/mol. The molecular formula is C14H20N4S. The van der Waals surface area contributed by atoms with Crippen LogP contribution in [0.5, 0.6) is 0 Å². The van der Waals surface area contributed by atoms with Gasteiger partial charge in [0, 0.05) is 30.6 Å². The summed E-state index contributed by atoms with van der Waals surface area (Å²) >= 11 is 1.86. The first-order valence-electron chi connectivity index (χ1n) is 6.48. The first kappa shape index (κ1) is 14.1. The number of benzene rings is 1. The second-order valence-corrected chi connectivity index (χ2v) is 5.77. The molecule has 4 nitrogen and oxygen atoms in total. The third-order valence-corrected chi connectivity index (χ3v) is 3.90. The van der Waals surface area contributed by atoms with Gasteiger partial charge in [-0.3, -0.25) is 4.68 Å². The minimum absolute atomic E-state index is 0.275. The third-order valence-electron chi connectivity index (χ3n) is 3.01. The van der Waals surface area contributed by atoms with E-state index in [1.807, 2.05) is 32.1 Å². The molecule has 102 valence electrons. The Kier molecular flexibility index (Phi) is 4.99. The summed E-state index contributed by atoms with van der Waals surface area (Å²) in [5, 5.41) is 11.5. The van der Waals surface area contributed by atoms with Crippen molar-refractivity contribution in [2.75, 3.05) is 12.8 Å². The molecule has 1 N–H and O–H groups in total. The molecule has 2 aromatic rings. The van der Waals surface area contributed by atoms with Gasteiger partial charge in [-0.2, -0.15) is 0 Å². The molecule has 0 spiro atoms. The molecule has 19 heavy (non-hydrogen) atoms. The highest BCUT2D eigenvalue weighted by molar-refractivity contribution is 7.99. The highest BCUT2D eigenvalue weighted by Crippen LogP contribution is 2.22. The van der Waals surface area contributed by atoms with Crippen LogP contribution in [0.3, 0.4) is 0 Å². The average Bonchev–Trinajstić information content (AvgIpc) is 2.83. The standard InChI is InChI=1S/C14H20N4S/c1-4-19-13-7-5-11(6-8-13)14(15-2)9-12-10-18(3)17-16-12/h5-8,10,14-15H,4,9H2,1-3H3. The number of nitrogens with zero attached hydrogens (tertiary/aromatic N) is 3. The maximum Gasteiger partial charge on any atom is 0.0845 e. The summed E-state index contributed by atoms with van der Waals surface area (Å²) < 4.78 is 1.74. The fraction of sp³-hybridized carbons (Fsp3) is 0.429. The van der Waals surface area contributed by atoms with Gasteiger partial charge in [-0.25, -0.2) is 0 Å². The van der Waals surface area contributed by atoms with Gasteiger partial charge in [0.05, 0.1) is 5.69 Å². The number of rotatable bonds is 6. The number of aromatic nitrogens is 3. The van der Waals surface area contributed by atoms with E-state index in [2.05, 4.69) is 46.8 Å². The van der Waals surface area contributed by atoms with Crippen LogP contribution in [-0.2, 0) is 13.5 Å². The molecule has 0 aliphatic rings. The third kappa shape index (κ3) is 3.81. The summed E-state index contributed by atoms with van der Waals surface area (Å²) in [7, 11) is 3.87. The lowest BCUT2D eigenvalue weighted by molar-refractivity contribution is 0.583. The largest absolute Gasteiger partial charge is 0.313 e. The van der Waals surface area contributed by atoms with Crippen LogP contribution in [0.15, 0.2) is 35.4 Å². The molecule has 0 aliphatic heterocycles. The number of nitrogens with one attached hydrogen (secondary N) is 1. The zero-order valence-electron chi connectivity index (χ0n) is 11.6. The normalized spacial score (nSPS) is 12.6.